The van der Waals surface area contributed by atoms with Gasteiger partial charge in [0.05, 0.1) is 5.69 Å². The maximum absolute atomic E-state index is 5.01. The van der Waals surface area contributed by atoms with Crippen molar-refractivity contribution in [1.29, 1.82) is 0 Å². The molecule has 2 fully saturated rings. The van der Waals surface area contributed by atoms with Gasteiger partial charge in [0.15, 0.2) is 5.13 Å². The molecule has 0 bridgehead atoms. The maximum Gasteiger partial charge on any atom is 0.185 e. The highest BCUT2D eigenvalue weighted by molar-refractivity contribution is 7.15. The number of anilines is 1. The Balaban J connectivity index is 1.75. The van der Waals surface area contributed by atoms with Crippen LogP contribution in [0, 0.1) is 5.92 Å². The van der Waals surface area contributed by atoms with Gasteiger partial charge in [0, 0.05) is 30.6 Å². The minimum absolute atomic E-state index is 0.565. The molecule has 3 nitrogen and oxygen atoms in total. The lowest BCUT2D eigenvalue weighted by molar-refractivity contribution is 0.605. The van der Waals surface area contributed by atoms with Crippen LogP contribution in [0.25, 0.3) is 0 Å². The van der Waals surface area contributed by atoms with E-state index in [0.29, 0.717) is 12.0 Å². The summed E-state index contributed by atoms with van der Waals surface area (Å²) in [6.45, 7) is 7.93. The van der Waals surface area contributed by atoms with Crippen molar-refractivity contribution in [2.24, 2.45) is 5.92 Å². The van der Waals surface area contributed by atoms with Crippen LogP contribution >= 0.6 is 11.3 Å². The molecule has 2 saturated carbocycles. The molecule has 2 atom stereocenters. The van der Waals surface area contributed by atoms with Gasteiger partial charge in [-0.3, -0.25) is 0 Å². The predicted molar refractivity (Wildman–Crippen MR) is 91.3 cm³/mol. The standard InChI is InChI=1S/C17H29N3S/c1-5-11(2)16-15(10-18-14-8-9-14)21-17(19-16)20(4)12(3)13-6-7-13/h11-14,18H,5-10H2,1-4H3. The summed E-state index contributed by atoms with van der Waals surface area (Å²) in [4.78, 5) is 8.89. The molecule has 2 aliphatic rings. The molecule has 4 heteroatoms. The van der Waals surface area contributed by atoms with Gasteiger partial charge in [-0.15, -0.1) is 11.3 Å². The van der Waals surface area contributed by atoms with Gasteiger partial charge in [-0.05, 0) is 50.9 Å². The van der Waals surface area contributed by atoms with Crippen LogP contribution in [-0.2, 0) is 6.54 Å². The first-order valence-corrected chi connectivity index (χ1v) is 9.37. The first kappa shape index (κ1) is 15.3. The Morgan fingerprint density at radius 3 is 2.57 bits per heavy atom. The fourth-order valence-corrected chi connectivity index (χ4v) is 3.98. The lowest BCUT2D eigenvalue weighted by Gasteiger charge is -2.24. The molecular formula is C17H29N3S. The van der Waals surface area contributed by atoms with E-state index in [2.05, 4.69) is 38.0 Å². The van der Waals surface area contributed by atoms with Gasteiger partial charge in [0.2, 0.25) is 0 Å². The molecule has 118 valence electrons. The first-order valence-electron chi connectivity index (χ1n) is 8.56. The van der Waals surface area contributed by atoms with Crippen LogP contribution in [0.1, 0.15) is 69.4 Å². The van der Waals surface area contributed by atoms with Crippen molar-refractivity contribution < 1.29 is 0 Å². The predicted octanol–water partition coefficient (Wildman–Crippen LogP) is 4.14. The highest BCUT2D eigenvalue weighted by atomic mass is 32.1. The second kappa shape index (κ2) is 6.25. The summed E-state index contributed by atoms with van der Waals surface area (Å²) in [6, 6.07) is 1.40. The number of hydrogen-bond acceptors (Lipinski definition) is 4. The minimum atomic E-state index is 0.565. The molecule has 1 N–H and O–H groups in total. The van der Waals surface area contributed by atoms with E-state index in [-0.39, 0.29) is 0 Å². The molecule has 0 aromatic carbocycles. The third-order valence-corrected chi connectivity index (χ3v) is 6.30. The second-order valence-electron chi connectivity index (χ2n) is 6.96. The first-order chi connectivity index (χ1) is 10.1. The smallest absolute Gasteiger partial charge is 0.185 e. The third kappa shape index (κ3) is 3.59. The van der Waals surface area contributed by atoms with Crippen LogP contribution in [0.2, 0.25) is 0 Å². The largest absolute Gasteiger partial charge is 0.348 e. The van der Waals surface area contributed by atoms with E-state index in [1.54, 1.807) is 0 Å². The van der Waals surface area contributed by atoms with Gasteiger partial charge in [-0.25, -0.2) is 4.98 Å². The normalized spacial score (nSPS) is 21.3. The Bertz CT molecular complexity index is 476. The molecule has 3 rings (SSSR count). The summed E-state index contributed by atoms with van der Waals surface area (Å²) in [5, 5.41) is 4.88. The van der Waals surface area contributed by atoms with Crippen LogP contribution in [0.3, 0.4) is 0 Å². The zero-order chi connectivity index (χ0) is 15.0. The van der Waals surface area contributed by atoms with Crippen molar-refractivity contribution in [3.05, 3.63) is 10.6 Å². The molecule has 0 spiro atoms. The minimum Gasteiger partial charge on any atom is -0.348 e. The Kier molecular flexibility index (Phi) is 4.55. The van der Waals surface area contributed by atoms with Crippen molar-refractivity contribution >= 4 is 16.5 Å². The van der Waals surface area contributed by atoms with Crippen molar-refractivity contribution in [2.45, 2.75) is 77.4 Å². The van der Waals surface area contributed by atoms with Gasteiger partial charge in [-0.2, -0.15) is 0 Å². The zero-order valence-corrected chi connectivity index (χ0v) is 14.7. The van der Waals surface area contributed by atoms with E-state index in [1.165, 1.54) is 47.8 Å². The van der Waals surface area contributed by atoms with Gasteiger partial charge in [-0.1, -0.05) is 13.8 Å². The number of hydrogen-bond donors (Lipinski definition) is 1. The van der Waals surface area contributed by atoms with Gasteiger partial charge in [0.25, 0.3) is 0 Å². The van der Waals surface area contributed by atoms with E-state index >= 15 is 0 Å². The Morgan fingerprint density at radius 2 is 2.00 bits per heavy atom. The van der Waals surface area contributed by atoms with Crippen LogP contribution in [-0.4, -0.2) is 24.1 Å². The molecule has 0 saturated heterocycles. The molecule has 0 amide bonds. The summed E-state index contributed by atoms with van der Waals surface area (Å²) in [5.74, 6) is 1.45. The summed E-state index contributed by atoms with van der Waals surface area (Å²) in [5.41, 5.74) is 1.33. The maximum atomic E-state index is 5.01. The average molecular weight is 308 g/mol. The van der Waals surface area contributed by atoms with Crippen LogP contribution in [0.4, 0.5) is 5.13 Å². The van der Waals surface area contributed by atoms with E-state index < -0.39 is 0 Å². The van der Waals surface area contributed by atoms with Gasteiger partial charge < -0.3 is 10.2 Å². The molecule has 1 heterocycles. The average Bonchev–Trinajstić information content (AvgIpc) is 3.40. The molecule has 2 aliphatic carbocycles. The highest BCUT2D eigenvalue weighted by Crippen LogP contribution is 2.39. The molecule has 21 heavy (non-hydrogen) atoms. The van der Waals surface area contributed by atoms with Crippen LogP contribution < -0.4 is 10.2 Å². The zero-order valence-electron chi connectivity index (χ0n) is 13.9. The lowest BCUT2D eigenvalue weighted by Crippen LogP contribution is -2.30. The summed E-state index contributed by atoms with van der Waals surface area (Å²) >= 11 is 1.91. The van der Waals surface area contributed by atoms with Crippen molar-refractivity contribution in [3.63, 3.8) is 0 Å². The SMILES string of the molecule is CCC(C)c1nc(N(C)C(C)C2CC2)sc1CNC1CC1. The summed E-state index contributed by atoms with van der Waals surface area (Å²) < 4.78 is 0. The molecule has 0 aliphatic heterocycles. The van der Waals surface area contributed by atoms with E-state index in [1.807, 2.05) is 11.3 Å². The van der Waals surface area contributed by atoms with Crippen molar-refractivity contribution in [1.82, 2.24) is 10.3 Å². The third-order valence-electron chi connectivity index (χ3n) is 5.14. The fourth-order valence-electron chi connectivity index (χ4n) is 2.80. The summed E-state index contributed by atoms with van der Waals surface area (Å²) in [6.07, 6.45) is 6.66. The Hall–Kier alpha value is -0.610. The fraction of sp³-hybridized carbons (Fsp3) is 0.824. The number of nitrogens with zero attached hydrogens (tertiary/aromatic N) is 2. The molecule has 1 aromatic rings. The molecule has 0 radical (unpaired) electrons. The van der Waals surface area contributed by atoms with Gasteiger partial charge in [0.1, 0.15) is 0 Å². The van der Waals surface area contributed by atoms with Gasteiger partial charge >= 0.3 is 0 Å². The topological polar surface area (TPSA) is 28.2 Å². The molecule has 1 aromatic heterocycles. The van der Waals surface area contributed by atoms with Crippen molar-refractivity contribution in [3.8, 4) is 0 Å². The lowest BCUT2D eigenvalue weighted by atomic mass is 10.0. The van der Waals surface area contributed by atoms with Crippen LogP contribution in [0.5, 0.6) is 0 Å². The molecule has 2 unspecified atom stereocenters. The monoisotopic (exact) mass is 307 g/mol. The number of aromatic nitrogens is 1. The summed E-state index contributed by atoms with van der Waals surface area (Å²) in [7, 11) is 2.22. The van der Waals surface area contributed by atoms with Crippen molar-refractivity contribution in [2.75, 3.05) is 11.9 Å². The van der Waals surface area contributed by atoms with E-state index in [9.17, 15) is 0 Å². The van der Waals surface area contributed by atoms with Crippen LogP contribution in [0.15, 0.2) is 0 Å². The number of nitrogens with one attached hydrogen (secondary N) is 1. The second-order valence-corrected chi connectivity index (χ2v) is 8.02. The van der Waals surface area contributed by atoms with E-state index in [4.69, 9.17) is 4.98 Å². The Morgan fingerprint density at radius 1 is 1.29 bits per heavy atom. The number of rotatable bonds is 8. The quantitative estimate of drug-likeness (QED) is 0.782. The van der Waals surface area contributed by atoms with E-state index in [0.717, 1.165) is 18.5 Å². The Labute approximate surface area is 133 Å². The highest BCUT2D eigenvalue weighted by Gasteiger charge is 2.32. The molecular weight excluding hydrogens is 278 g/mol. The number of thiazole rings is 1.